The molecule has 30 heteroatoms. The number of hydrogen-bond acceptors (Lipinski definition) is 26. The van der Waals surface area contributed by atoms with Gasteiger partial charge in [0, 0.05) is 128 Å². The van der Waals surface area contributed by atoms with Gasteiger partial charge < -0.3 is 45.8 Å². The summed E-state index contributed by atoms with van der Waals surface area (Å²) in [7, 11) is 0. The molecular weight excluding hydrogens is 1350 g/mol. The van der Waals surface area contributed by atoms with Gasteiger partial charge in [0.2, 0.25) is 0 Å². The first-order valence-electron chi connectivity index (χ1n) is 32.6. The number of nitrogen functional groups attached to an aromatic ring is 2. The second-order valence-corrected chi connectivity index (χ2v) is 20.8. The number of nitrogens with zero attached hydrogens (tertiary/aromatic N) is 11. The number of H-pyrrole nitrogens is 2. The van der Waals surface area contributed by atoms with Gasteiger partial charge in [-0.05, 0) is 149 Å². The Morgan fingerprint density at radius 3 is 1.42 bits per heavy atom. The second-order valence-electron chi connectivity index (χ2n) is 20.8. The molecule has 11 aromatic heterocycles. The van der Waals surface area contributed by atoms with Crippen molar-refractivity contribution in [1.29, 1.82) is 0 Å². The lowest BCUT2D eigenvalue weighted by atomic mass is 10.1. The number of nitrogens with one attached hydrogen (secondary N) is 6. The van der Waals surface area contributed by atoms with Gasteiger partial charge in [-0.25, -0.2) is 50.6 Å². The fraction of sp³-hybridized carbons (Fsp3) is 0.145. The fourth-order valence-corrected chi connectivity index (χ4v) is 8.36. The minimum atomic E-state index is -0.553. The standard InChI is InChI=1S/C16H17N3O2.C14H12N4O.C13H10N4O.C10H11NO3.C9H11NO2.C6H9N3.C5H7N3.C3H6O2/c1-2-21-16(20)15(13-7-6-10-17-11-13)12-18-19-14-8-4-3-5-9-14;1-10-4-6-16-13(7-10)18-14(19)12(9-17-18)11-3-2-5-15-8-11;18-13-11(10-4-3-6-14-8-10)9-16-17(13)12-5-1-2-7-15-12;1-2-14-10(13)9(7-12)8-4-3-5-11-6-8;1-2-12-9(11)6-8-4-3-5-10-7-8;1-5-2-3-8-6(4-5)9-7;6-8-5-3-1-2-4-7-5;1-2-5-3-4/h3-12,18-19H,2H2,1H3;2-9,17H,1H3;1-9,16H;3-7,12H,2H2,1H3;3-5,7H,2,6H2,1H3;2-4H,7H2,1H3,(H,8,9);1-4H,6H2,(H,7,8);3H,2H2,1H3. The van der Waals surface area contributed by atoms with Gasteiger partial charge >= 0.3 is 17.9 Å². The van der Waals surface area contributed by atoms with Crippen LogP contribution in [-0.4, -0.2) is 120 Å². The molecule has 0 spiro atoms. The molecule has 0 atom stereocenters. The fourth-order valence-electron chi connectivity index (χ4n) is 8.36. The summed E-state index contributed by atoms with van der Waals surface area (Å²) >= 11 is 0. The average Bonchev–Trinajstić information content (AvgIpc) is 1.66. The summed E-state index contributed by atoms with van der Waals surface area (Å²) in [6.07, 6.45) is 29.0. The number of aliphatic hydroxyl groups excluding tert-OH is 1. The number of aromatic nitrogens is 13. The van der Waals surface area contributed by atoms with Crippen molar-refractivity contribution in [2.24, 2.45) is 11.7 Å². The average molecular weight is 1440 g/mol. The lowest BCUT2D eigenvalue weighted by Crippen LogP contribution is -2.17. The molecule has 11 heterocycles. The molecule has 0 fully saturated rings. The summed E-state index contributed by atoms with van der Waals surface area (Å²) in [5.74, 6) is 11.5. The van der Waals surface area contributed by atoms with Crippen LogP contribution in [0.15, 0.2) is 273 Å². The molecular formula is C76H83N19O11. The number of hydrazine groups is 3. The maximum atomic E-state index is 12.3. The molecule has 0 amide bonds. The summed E-state index contributed by atoms with van der Waals surface area (Å²) in [5, 5.41) is 14.7. The molecule has 30 nitrogen and oxygen atoms in total. The number of rotatable bonds is 20. The van der Waals surface area contributed by atoms with E-state index >= 15 is 0 Å². The normalized spacial score (nSPS) is 10.1. The maximum Gasteiger partial charge on any atom is 0.341 e. The SMILES string of the molecule is CCOC(=O)C(=CNNc1ccccc1)c1cccnc1.CCOC(=O)C(=CO)c1cccnc1.CCOC(=O)Cc1cccnc1.CCOC=O.Cc1ccnc(-n2[nH]cc(-c3cccnc3)c2=O)c1.Cc1ccnc(NN)c1.NNc1ccccn1.O=c1c(-c2cccnc2)c[nH]n1-c1ccccn1. The predicted octanol–water partition coefficient (Wildman–Crippen LogP) is 10.1. The van der Waals surface area contributed by atoms with Gasteiger partial charge in [-0.2, -0.15) is 0 Å². The first-order valence-corrected chi connectivity index (χ1v) is 32.6. The van der Waals surface area contributed by atoms with Crippen molar-refractivity contribution >= 4 is 52.8 Å². The largest absolute Gasteiger partial charge is 0.515 e. The van der Waals surface area contributed by atoms with Gasteiger partial charge in [0.05, 0.1) is 61.5 Å². The molecule has 12 rings (SSSR count). The van der Waals surface area contributed by atoms with Crippen molar-refractivity contribution in [2.45, 2.75) is 48.0 Å². The molecule has 0 aliphatic rings. The highest BCUT2D eigenvalue weighted by Crippen LogP contribution is 2.18. The second kappa shape index (κ2) is 48.6. The first kappa shape index (κ1) is 82.5. The minimum absolute atomic E-state index is 0.111. The van der Waals surface area contributed by atoms with Gasteiger partial charge in [0.1, 0.15) is 17.2 Å². The Kier molecular flexibility index (Phi) is 37.9. The summed E-state index contributed by atoms with van der Waals surface area (Å²) < 4.78 is 21.6. The van der Waals surface area contributed by atoms with E-state index in [0.717, 1.165) is 39.8 Å². The quantitative estimate of drug-likeness (QED) is 0.00651. The Morgan fingerprint density at radius 1 is 0.500 bits per heavy atom. The van der Waals surface area contributed by atoms with Crippen molar-refractivity contribution in [1.82, 2.24) is 69.8 Å². The molecule has 11 N–H and O–H groups in total. The molecule has 0 bridgehead atoms. The Hall–Kier alpha value is -14.1. The van der Waals surface area contributed by atoms with E-state index in [1.165, 1.54) is 15.6 Å². The summed E-state index contributed by atoms with van der Waals surface area (Å²) in [6, 6.07) is 45.9. The van der Waals surface area contributed by atoms with Crippen molar-refractivity contribution in [3.8, 4) is 33.9 Å². The number of aliphatic hydroxyl groups is 1. The van der Waals surface area contributed by atoms with E-state index < -0.39 is 11.9 Å². The number of aryl methyl sites for hydroxylation is 2. The predicted molar refractivity (Wildman–Crippen MR) is 404 cm³/mol. The lowest BCUT2D eigenvalue weighted by Gasteiger charge is -2.09. The third-order valence-electron chi connectivity index (χ3n) is 13.3. The molecule has 1 aromatic carbocycles. The van der Waals surface area contributed by atoms with E-state index in [1.54, 1.807) is 188 Å². The van der Waals surface area contributed by atoms with Gasteiger partial charge in [-0.3, -0.25) is 54.3 Å². The Labute approximate surface area is 611 Å². The number of benzene rings is 1. The number of ether oxygens (including phenoxy) is 4. The van der Waals surface area contributed by atoms with Crippen LogP contribution in [-0.2, 0) is 44.5 Å². The van der Waals surface area contributed by atoms with Gasteiger partial charge in [-0.15, -0.1) is 0 Å². The number of esters is 3. The van der Waals surface area contributed by atoms with Gasteiger partial charge in [-0.1, -0.05) is 60.7 Å². The molecule has 0 saturated carbocycles. The van der Waals surface area contributed by atoms with Crippen LogP contribution < -0.4 is 44.5 Å². The third kappa shape index (κ3) is 29.6. The number of nitrogens with two attached hydrogens (primary N) is 2. The number of carbonyl (C=O) groups is 4. The van der Waals surface area contributed by atoms with Crippen molar-refractivity contribution < 1.29 is 43.2 Å². The smallest absolute Gasteiger partial charge is 0.341 e. The molecule has 0 unspecified atom stereocenters. The summed E-state index contributed by atoms with van der Waals surface area (Å²) in [5.41, 5.74) is 18.9. The van der Waals surface area contributed by atoms with Crippen LogP contribution in [0.25, 0.3) is 45.0 Å². The van der Waals surface area contributed by atoms with Crippen molar-refractivity contribution in [3.05, 3.63) is 312 Å². The van der Waals surface area contributed by atoms with Gasteiger partial charge in [0.15, 0.2) is 11.6 Å². The highest BCUT2D eigenvalue weighted by molar-refractivity contribution is 6.16. The molecule has 0 aliphatic carbocycles. The van der Waals surface area contributed by atoms with Crippen LogP contribution in [0.1, 0.15) is 55.5 Å². The van der Waals surface area contributed by atoms with Crippen LogP contribution in [0, 0.1) is 13.8 Å². The third-order valence-corrected chi connectivity index (χ3v) is 13.3. The lowest BCUT2D eigenvalue weighted by molar-refractivity contribution is -0.142. The molecule has 106 heavy (non-hydrogen) atoms. The number of hydrogen-bond donors (Lipinski definition) is 9. The van der Waals surface area contributed by atoms with Crippen LogP contribution in [0.4, 0.5) is 17.3 Å². The van der Waals surface area contributed by atoms with E-state index in [-0.39, 0.29) is 29.3 Å². The van der Waals surface area contributed by atoms with Gasteiger partial charge in [0.25, 0.3) is 17.6 Å². The Bertz CT molecular complexity index is 4580. The zero-order chi connectivity index (χ0) is 76.4. The summed E-state index contributed by atoms with van der Waals surface area (Å²) in [4.78, 5) is 104. The molecule has 0 radical (unpaired) electrons. The van der Waals surface area contributed by atoms with Crippen LogP contribution in [0.2, 0.25) is 0 Å². The number of aromatic amines is 2. The zero-order valence-electron chi connectivity index (χ0n) is 59.0. The topological polar surface area (TPSA) is 417 Å². The maximum absolute atomic E-state index is 12.3. The highest BCUT2D eigenvalue weighted by atomic mass is 16.5. The van der Waals surface area contributed by atoms with Crippen LogP contribution >= 0.6 is 0 Å². The first-order chi connectivity index (χ1) is 51.7. The monoisotopic (exact) mass is 1440 g/mol. The summed E-state index contributed by atoms with van der Waals surface area (Å²) in [6.45, 7) is 12.9. The molecule has 0 saturated heterocycles. The van der Waals surface area contributed by atoms with E-state index in [0.29, 0.717) is 83.8 Å². The zero-order valence-corrected chi connectivity index (χ0v) is 59.0. The van der Waals surface area contributed by atoms with Crippen LogP contribution in [0.5, 0.6) is 0 Å². The minimum Gasteiger partial charge on any atom is -0.515 e. The number of pyridine rings is 9. The van der Waals surface area contributed by atoms with E-state index in [1.807, 2.05) is 105 Å². The highest BCUT2D eigenvalue weighted by Gasteiger charge is 2.16. The van der Waals surface area contributed by atoms with Crippen molar-refractivity contribution in [2.75, 3.05) is 42.7 Å². The Balaban J connectivity index is 0.000000224. The van der Waals surface area contributed by atoms with E-state index in [2.05, 4.69) is 81.5 Å². The Morgan fingerprint density at radius 2 is 0.991 bits per heavy atom. The molecule has 12 aromatic rings. The molecule has 548 valence electrons. The van der Waals surface area contributed by atoms with E-state index in [4.69, 9.17) is 31.0 Å². The molecule has 0 aliphatic heterocycles. The number of anilines is 3. The number of carbonyl (C=O) groups excluding carboxylic acids is 4. The number of para-hydroxylation sites is 1. The van der Waals surface area contributed by atoms with E-state index in [9.17, 15) is 28.8 Å². The van der Waals surface area contributed by atoms with Crippen molar-refractivity contribution in [3.63, 3.8) is 0 Å². The van der Waals surface area contributed by atoms with Crippen LogP contribution in [0.3, 0.4) is 0 Å².